The number of nitrogens with one attached hydrogen (secondary N) is 2. The topological polar surface area (TPSA) is 59.0 Å². The molecule has 1 amide bonds. The highest BCUT2D eigenvalue weighted by molar-refractivity contribution is 6.08. The number of allylic oxidation sites excluding steroid dienone is 1. The average Bonchev–Trinajstić information content (AvgIpc) is 3.29. The second-order valence-electron chi connectivity index (χ2n) is 7.78. The Hall–Kier alpha value is -4.12. The molecule has 1 aromatic heterocycles. The number of rotatable bonds is 5. The summed E-state index contributed by atoms with van der Waals surface area (Å²) in [5.74, 6) is 0.490. The molecule has 5 heteroatoms. The van der Waals surface area contributed by atoms with Crippen LogP contribution in [-0.2, 0) is 6.42 Å². The van der Waals surface area contributed by atoms with Crippen LogP contribution in [0, 0.1) is 0 Å². The number of fused-ring (bicyclic) bond motifs is 1. The van der Waals surface area contributed by atoms with E-state index in [9.17, 15) is 4.79 Å². The molecule has 1 aliphatic heterocycles. The number of anilines is 2. The van der Waals surface area contributed by atoms with Gasteiger partial charge < -0.3 is 10.6 Å². The molecule has 0 fully saturated rings. The van der Waals surface area contributed by atoms with Crippen molar-refractivity contribution in [3.63, 3.8) is 0 Å². The van der Waals surface area contributed by atoms with Crippen molar-refractivity contribution in [2.24, 2.45) is 0 Å². The number of para-hydroxylation sites is 1. The fourth-order valence-electron chi connectivity index (χ4n) is 3.96. The zero-order valence-corrected chi connectivity index (χ0v) is 17.8. The van der Waals surface area contributed by atoms with E-state index < -0.39 is 0 Å². The second-order valence-corrected chi connectivity index (χ2v) is 7.78. The Morgan fingerprint density at radius 2 is 1.66 bits per heavy atom. The molecule has 32 heavy (non-hydrogen) atoms. The van der Waals surface area contributed by atoms with E-state index in [0.717, 1.165) is 28.9 Å². The van der Waals surface area contributed by atoms with Crippen molar-refractivity contribution < 1.29 is 4.79 Å². The van der Waals surface area contributed by atoms with Crippen LogP contribution in [0.25, 0.3) is 5.70 Å². The Morgan fingerprint density at radius 1 is 0.969 bits per heavy atom. The molecule has 5 rings (SSSR count). The summed E-state index contributed by atoms with van der Waals surface area (Å²) in [4.78, 5) is 13.1. The molecular weight excluding hydrogens is 396 g/mol. The molecule has 0 bridgehead atoms. The number of nitrogens with zero attached hydrogens (tertiary/aromatic N) is 2. The highest BCUT2D eigenvalue weighted by Gasteiger charge is 2.27. The summed E-state index contributed by atoms with van der Waals surface area (Å²) in [6, 6.07) is 28.1. The minimum atomic E-state index is -0.195. The van der Waals surface area contributed by atoms with Gasteiger partial charge in [0.2, 0.25) is 0 Å². The van der Waals surface area contributed by atoms with Gasteiger partial charge in [-0.05, 0) is 41.3 Å². The van der Waals surface area contributed by atoms with Crippen LogP contribution in [0.15, 0.2) is 97.2 Å². The van der Waals surface area contributed by atoms with Crippen molar-refractivity contribution in [2.45, 2.75) is 19.4 Å². The molecule has 0 saturated heterocycles. The summed E-state index contributed by atoms with van der Waals surface area (Å²) in [6.07, 6.45) is 4.79. The van der Waals surface area contributed by atoms with Crippen molar-refractivity contribution in [3.05, 3.63) is 119 Å². The summed E-state index contributed by atoms with van der Waals surface area (Å²) in [6.45, 7) is 2.15. The van der Waals surface area contributed by atoms with Crippen LogP contribution in [0.2, 0.25) is 0 Å². The van der Waals surface area contributed by atoms with Gasteiger partial charge in [-0.25, -0.2) is 4.68 Å². The van der Waals surface area contributed by atoms with Crippen LogP contribution < -0.4 is 10.6 Å². The summed E-state index contributed by atoms with van der Waals surface area (Å²) in [7, 11) is 0. The van der Waals surface area contributed by atoms with Gasteiger partial charge in [-0.15, -0.1) is 0 Å². The Morgan fingerprint density at radius 3 is 2.34 bits per heavy atom. The molecule has 2 N–H and O–H groups in total. The molecule has 158 valence electrons. The third-order valence-electron chi connectivity index (χ3n) is 5.73. The Labute approximate surface area is 187 Å². The fourth-order valence-corrected chi connectivity index (χ4v) is 3.96. The minimum absolute atomic E-state index is 0.119. The third-order valence-corrected chi connectivity index (χ3v) is 5.73. The minimum Gasteiger partial charge on any atom is -0.339 e. The SMILES string of the molecule is CCc1ccc(C2=C[C@H](c3ccccc3)n3ncc(C(=O)Nc4ccccc4)c3N2)cc1. The van der Waals surface area contributed by atoms with Gasteiger partial charge in [0.1, 0.15) is 11.4 Å². The van der Waals surface area contributed by atoms with Gasteiger partial charge in [0, 0.05) is 11.4 Å². The molecule has 4 aromatic rings. The molecule has 0 spiro atoms. The van der Waals surface area contributed by atoms with Crippen LogP contribution in [0.3, 0.4) is 0 Å². The number of amides is 1. The first kappa shape index (κ1) is 19.8. The predicted octanol–water partition coefficient (Wildman–Crippen LogP) is 5.75. The van der Waals surface area contributed by atoms with Crippen molar-refractivity contribution in [3.8, 4) is 0 Å². The number of hydrogen-bond acceptors (Lipinski definition) is 3. The molecule has 1 atom stereocenters. The number of aryl methyl sites for hydroxylation is 1. The first-order valence-electron chi connectivity index (χ1n) is 10.8. The maximum atomic E-state index is 13.1. The van der Waals surface area contributed by atoms with Gasteiger partial charge in [0.05, 0.1) is 12.2 Å². The van der Waals surface area contributed by atoms with Crippen molar-refractivity contribution in [1.82, 2.24) is 9.78 Å². The molecule has 0 radical (unpaired) electrons. The lowest BCUT2D eigenvalue weighted by atomic mass is 10.00. The predicted molar refractivity (Wildman–Crippen MR) is 129 cm³/mol. The normalized spacial score (nSPS) is 14.8. The van der Waals surface area contributed by atoms with Gasteiger partial charge >= 0.3 is 0 Å². The summed E-state index contributed by atoms with van der Waals surface area (Å²) in [5, 5.41) is 11.0. The number of carbonyl (C=O) groups is 1. The van der Waals surface area contributed by atoms with E-state index in [0.29, 0.717) is 11.4 Å². The molecule has 3 aromatic carbocycles. The van der Waals surface area contributed by atoms with Gasteiger partial charge in [-0.2, -0.15) is 5.10 Å². The summed E-state index contributed by atoms with van der Waals surface area (Å²) in [5.41, 5.74) is 5.69. The number of hydrogen-bond donors (Lipinski definition) is 2. The van der Waals surface area contributed by atoms with Crippen LogP contribution in [0.1, 0.15) is 40.0 Å². The number of carbonyl (C=O) groups excluding carboxylic acids is 1. The zero-order valence-electron chi connectivity index (χ0n) is 17.8. The lowest BCUT2D eigenvalue weighted by molar-refractivity contribution is 0.102. The van der Waals surface area contributed by atoms with Crippen molar-refractivity contribution >= 4 is 23.1 Å². The standard InChI is InChI=1S/C27H24N4O/c1-2-19-13-15-20(16-14-19)24-17-25(21-9-5-3-6-10-21)31-26(30-24)23(18-28-31)27(32)29-22-11-7-4-8-12-22/h3-18,25,30H,2H2,1H3,(H,29,32)/t25-/m1/s1. The van der Waals surface area contributed by atoms with E-state index in [1.165, 1.54) is 5.56 Å². The van der Waals surface area contributed by atoms with Gasteiger partial charge in [-0.3, -0.25) is 4.79 Å². The average molecular weight is 421 g/mol. The van der Waals surface area contributed by atoms with E-state index >= 15 is 0 Å². The maximum absolute atomic E-state index is 13.1. The summed E-state index contributed by atoms with van der Waals surface area (Å²) < 4.78 is 1.87. The second kappa shape index (κ2) is 8.55. The quantitative estimate of drug-likeness (QED) is 0.432. The monoisotopic (exact) mass is 420 g/mol. The van der Waals surface area contributed by atoms with E-state index in [2.05, 4.69) is 65.1 Å². The van der Waals surface area contributed by atoms with Crippen LogP contribution in [0.4, 0.5) is 11.5 Å². The van der Waals surface area contributed by atoms with Gasteiger partial charge in [0.25, 0.3) is 5.91 Å². The fraction of sp³-hybridized carbons (Fsp3) is 0.111. The van der Waals surface area contributed by atoms with Gasteiger partial charge in [0.15, 0.2) is 0 Å². The van der Waals surface area contributed by atoms with E-state index in [-0.39, 0.29) is 11.9 Å². The smallest absolute Gasteiger partial charge is 0.261 e. The van der Waals surface area contributed by atoms with Gasteiger partial charge in [-0.1, -0.05) is 79.7 Å². The van der Waals surface area contributed by atoms with E-state index in [4.69, 9.17) is 0 Å². The zero-order chi connectivity index (χ0) is 21.9. The number of benzene rings is 3. The van der Waals surface area contributed by atoms with Crippen LogP contribution in [-0.4, -0.2) is 15.7 Å². The Kier molecular flexibility index (Phi) is 5.30. The Bertz CT molecular complexity index is 1260. The highest BCUT2D eigenvalue weighted by Crippen LogP contribution is 2.35. The van der Waals surface area contributed by atoms with E-state index in [1.807, 2.05) is 53.2 Å². The lowest BCUT2D eigenvalue weighted by Gasteiger charge is -2.26. The first-order valence-corrected chi connectivity index (χ1v) is 10.8. The molecule has 5 nitrogen and oxygen atoms in total. The van der Waals surface area contributed by atoms with Crippen molar-refractivity contribution in [1.29, 1.82) is 0 Å². The third kappa shape index (κ3) is 3.81. The molecule has 0 aliphatic carbocycles. The molecule has 1 aliphatic rings. The molecule has 0 unspecified atom stereocenters. The highest BCUT2D eigenvalue weighted by atomic mass is 16.1. The van der Waals surface area contributed by atoms with Crippen LogP contribution >= 0.6 is 0 Å². The van der Waals surface area contributed by atoms with E-state index in [1.54, 1.807) is 6.20 Å². The van der Waals surface area contributed by atoms with Crippen LogP contribution in [0.5, 0.6) is 0 Å². The maximum Gasteiger partial charge on any atom is 0.261 e. The Balaban J connectivity index is 1.55. The van der Waals surface area contributed by atoms with Crippen molar-refractivity contribution in [2.75, 3.05) is 10.6 Å². The first-order chi connectivity index (χ1) is 15.7. The number of aromatic nitrogens is 2. The summed E-state index contributed by atoms with van der Waals surface area (Å²) >= 11 is 0. The molecule has 2 heterocycles. The largest absolute Gasteiger partial charge is 0.339 e. The molecule has 0 saturated carbocycles. The lowest BCUT2D eigenvalue weighted by Crippen LogP contribution is -2.22. The molecular formula is C27H24N4O.